The minimum Gasteiger partial charge on any atom is -0.392 e. The first-order valence-electron chi connectivity index (χ1n) is 6.58. The second kappa shape index (κ2) is 3.46. The number of fused-ring (bicyclic) bond motifs is 5. The van der Waals surface area contributed by atoms with E-state index >= 15 is 0 Å². The van der Waals surface area contributed by atoms with Gasteiger partial charge in [-0.3, -0.25) is 0 Å². The van der Waals surface area contributed by atoms with Crippen molar-refractivity contribution in [2.24, 2.45) is 5.41 Å². The summed E-state index contributed by atoms with van der Waals surface area (Å²) < 4.78 is 1.39. The number of thiophene rings is 1. The topological polar surface area (TPSA) is 20.2 Å². The minimum atomic E-state index is -0.196. The molecule has 1 N–H and O–H groups in total. The number of rotatable bonds is 0. The third-order valence-electron chi connectivity index (χ3n) is 4.83. The molecule has 0 amide bonds. The molecular weight excluding hydrogens is 240 g/mol. The average Bonchev–Trinajstić information content (AvgIpc) is 2.94. The molecule has 2 aliphatic rings. The summed E-state index contributed by atoms with van der Waals surface area (Å²) in [5.74, 6) is 0. The van der Waals surface area contributed by atoms with Crippen LogP contribution in [0.1, 0.15) is 30.9 Å². The molecule has 2 heteroatoms. The fraction of sp³-hybridized carbons (Fsp3) is 0.375. The van der Waals surface area contributed by atoms with E-state index in [4.69, 9.17) is 0 Å². The van der Waals surface area contributed by atoms with Gasteiger partial charge in [0.05, 0.1) is 6.10 Å². The van der Waals surface area contributed by atoms with Crippen molar-refractivity contribution in [2.45, 2.75) is 32.3 Å². The summed E-state index contributed by atoms with van der Waals surface area (Å²) in [5, 5.41) is 13.8. The molecule has 0 unspecified atom stereocenters. The maximum atomic E-state index is 10.2. The van der Waals surface area contributed by atoms with E-state index in [1.807, 2.05) is 11.3 Å². The van der Waals surface area contributed by atoms with Crippen LogP contribution in [-0.4, -0.2) is 11.2 Å². The Kier molecular flexibility index (Phi) is 2.07. The lowest BCUT2D eigenvalue weighted by molar-refractivity contribution is 0.0827. The van der Waals surface area contributed by atoms with E-state index in [0.717, 1.165) is 19.3 Å². The van der Waals surface area contributed by atoms with Gasteiger partial charge < -0.3 is 5.11 Å². The predicted octanol–water partition coefficient (Wildman–Crippen LogP) is 4.00. The summed E-state index contributed by atoms with van der Waals surface area (Å²) in [4.78, 5) is 0. The second-order valence-electron chi connectivity index (χ2n) is 5.71. The van der Waals surface area contributed by atoms with Crippen LogP contribution < -0.4 is 0 Å². The van der Waals surface area contributed by atoms with Crippen LogP contribution in [0.5, 0.6) is 0 Å². The lowest BCUT2D eigenvalue weighted by Gasteiger charge is -2.37. The van der Waals surface area contributed by atoms with Crippen LogP contribution in [0.2, 0.25) is 0 Å². The quantitative estimate of drug-likeness (QED) is 0.755. The molecule has 0 fully saturated rings. The molecule has 4 rings (SSSR count). The monoisotopic (exact) mass is 256 g/mol. The number of hydrogen-bond acceptors (Lipinski definition) is 2. The van der Waals surface area contributed by atoms with Gasteiger partial charge in [0.1, 0.15) is 0 Å². The largest absolute Gasteiger partial charge is 0.392 e. The van der Waals surface area contributed by atoms with E-state index in [-0.39, 0.29) is 11.5 Å². The highest BCUT2D eigenvalue weighted by atomic mass is 32.1. The lowest BCUT2D eigenvalue weighted by atomic mass is 9.68. The van der Waals surface area contributed by atoms with Crippen molar-refractivity contribution in [3.05, 3.63) is 40.8 Å². The molecule has 1 aromatic carbocycles. The van der Waals surface area contributed by atoms with Crippen LogP contribution in [0.25, 0.3) is 15.7 Å². The number of benzene rings is 1. The number of hydrogen-bond donors (Lipinski definition) is 1. The molecule has 2 atom stereocenters. The highest BCUT2D eigenvalue weighted by molar-refractivity contribution is 7.17. The third-order valence-corrected chi connectivity index (χ3v) is 5.71. The molecule has 2 aromatic rings. The first-order valence-corrected chi connectivity index (χ1v) is 7.46. The van der Waals surface area contributed by atoms with Gasteiger partial charge in [-0.1, -0.05) is 19.1 Å². The van der Waals surface area contributed by atoms with Crippen molar-refractivity contribution >= 4 is 27.0 Å². The fourth-order valence-corrected chi connectivity index (χ4v) is 4.45. The zero-order valence-electron chi connectivity index (χ0n) is 10.4. The number of aryl methyl sites for hydroxylation is 1. The molecule has 18 heavy (non-hydrogen) atoms. The molecule has 0 saturated carbocycles. The molecule has 1 nitrogen and oxygen atoms in total. The van der Waals surface area contributed by atoms with Gasteiger partial charge in [0, 0.05) is 10.1 Å². The van der Waals surface area contributed by atoms with Crippen LogP contribution in [0.15, 0.2) is 29.7 Å². The standard InChI is InChI=1S/C16H16OS/c1-16-8-6-10-11(13(16)3-5-15(16)17)2-4-14-12(10)7-9-18-14/h2-4,7,9,15,17H,5-6,8H2,1H3/t15-,16-/m1/s1. The smallest absolute Gasteiger partial charge is 0.0668 e. The average molecular weight is 256 g/mol. The van der Waals surface area contributed by atoms with Crippen molar-refractivity contribution in [3.63, 3.8) is 0 Å². The van der Waals surface area contributed by atoms with E-state index in [0.29, 0.717) is 0 Å². The first kappa shape index (κ1) is 10.8. The Balaban J connectivity index is 1.99. The summed E-state index contributed by atoms with van der Waals surface area (Å²) >= 11 is 1.82. The normalized spacial score (nSPS) is 30.1. The number of aliphatic hydroxyl groups is 1. The zero-order valence-corrected chi connectivity index (χ0v) is 11.3. The van der Waals surface area contributed by atoms with Gasteiger partial charge in [0.2, 0.25) is 0 Å². The highest BCUT2D eigenvalue weighted by Crippen LogP contribution is 2.53. The van der Waals surface area contributed by atoms with Crippen LogP contribution in [0.3, 0.4) is 0 Å². The Morgan fingerprint density at radius 3 is 3.11 bits per heavy atom. The fourth-order valence-electron chi connectivity index (χ4n) is 3.63. The Morgan fingerprint density at radius 1 is 1.33 bits per heavy atom. The van der Waals surface area contributed by atoms with Crippen LogP contribution in [-0.2, 0) is 6.42 Å². The van der Waals surface area contributed by atoms with Crippen molar-refractivity contribution in [1.82, 2.24) is 0 Å². The zero-order chi connectivity index (χ0) is 12.3. The van der Waals surface area contributed by atoms with E-state index in [1.165, 1.54) is 26.8 Å². The molecule has 0 radical (unpaired) electrons. The Labute approximate surface area is 111 Å². The summed E-state index contributed by atoms with van der Waals surface area (Å²) in [5.41, 5.74) is 4.23. The molecule has 0 spiro atoms. The third kappa shape index (κ3) is 1.20. The van der Waals surface area contributed by atoms with Crippen molar-refractivity contribution in [3.8, 4) is 0 Å². The van der Waals surface area contributed by atoms with E-state index < -0.39 is 0 Å². The van der Waals surface area contributed by atoms with Gasteiger partial charge in [-0.2, -0.15) is 0 Å². The van der Waals surface area contributed by atoms with E-state index in [2.05, 4.69) is 36.6 Å². The molecule has 92 valence electrons. The summed E-state index contributed by atoms with van der Waals surface area (Å²) in [6, 6.07) is 6.74. The molecule has 0 aliphatic heterocycles. The first-order chi connectivity index (χ1) is 8.70. The van der Waals surface area contributed by atoms with Crippen molar-refractivity contribution < 1.29 is 5.11 Å². The highest BCUT2D eigenvalue weighted by Gasteiger charge is 2.43. The van der Waals surface area contributed by atoms with Gasteiger partial charge in [-0.15, -0.1) is 11.3 Å². The maximum Gasteiger partial charge on any atom is 0.0668 e. The van der Waals surface area contributed by atoms with Gasteiger partial charge >= 0.3 is 0 Å². The molecule has 0 saturated heterocycles. The van der Waals surface area contributed by atoms with Crippen LogP contribution in [0, 0.1) is 5.41 Å². The Hall–Kier alpha value is -1.12. The molecule has 0 bridgehead atoms. The minimum absolute atomic E-state index is 0.0172. The summed E-state index contributed by atoms with van der Waals surface area (Å²) in [6.45, 7) is 2.22. The van der Waals surface area contributed by atoms with Crippen molar-refractivity contribution in [2.75, 3.05) is 0 Å². The van der Waals surface area contributed by atoms with E-state index in [9.17, 15) is 5.11 Å². The maximum absolute atomic E-state index is 10.2. The van der Waals surface area contributed by atoms with Gasteiger partial charge in [0.15, 0.2) is 0 Å². The van der Waals surface area contributed by atoms with Crippen molar-refractivity contribution in [1.29, 1.82) is 0 Å². The van der Waals surface area contributed by atoms with Gasteiger partial charge in [0.25, 0.3) is 0 Å². The summed E-state index contributed by atoms with van der Waals surface area (Å²) in [7, 11) is 0. The van der Waals surface area contributed by atoms with Crippen LogP contribution >= 0.6 is 11.3 Å². The lowest BCUT2D eigenvalue weighted by Crippen LogP contribution is -2.32. The molecule has 1 heterocycles. The SMILES string of the molecule is C[C@@]12CCc3c(ccc4sccc34)C1=CC[C@H]2O. The van der Waals surface area contributed by atoms with E-state index in [1.54, 1.807) is 0 Å². The number of aliphatic hydroxyl groups excluding tert-OH is 1. The Bertz CT molecular complexity index is 667. The Morgan fingerprint density at radius 2 is 2.22 bits per heavy atom. The predicted molar refractivity (Wildman–Crippen MR) is 76.9 cm³/mol. The summed E-state index contributed by atoms with van der Waals surface area (Å²) in [6.07, 6.45) is 5.03. The van der Waals surface area contributed by atoms with Gasteiger partial charge in [-0.05, 0) is 58.9 Å². The molecular formula is C16H16OS. The van der Waals surface area contributed by atoms with Gasteiger partial charge in [-0.25, -0.2) is 0 Å². The molecule has 2 aliphatic carbocycles. The molecule has 1 aromatic heterocycles. The second-order valence-corrected chi connectivity index (χ2v) is 6.66. The van der Waals surface area contributed by atoms with Crippen LogP contribution in [0.4, 0.5) is 0 Å².